The molecule has 0 aliphatic rings. The molecule has 0 aliphatic carbocycles. The van der Waals surface area contributed by atoms with Crippen LogP contribution < -0.4 is 10.1 Å². The van der Waals surface area contributed by atoms with Crippen LogP contribution in [0.2, 0.25) is 5.02 Å². The number of anilines is 1. The Bertz CT molecular complexity index is 630. The topological polar surface area (TPSA) is 47.6 Å². The summed E-state index contributed by atoms with van der Waals surface area (Å²) in [5, 5.41) is 3.62. The highest BCUT2D eigenvalue weighted by Crippen LogP contribution is 2.31. The number of carbonyl (C=O) groups is 1. The molecule has 1 atom stereocenters. The van der Waals surface area contributed by atoms with E-state index >= 15 is 0 Å². The van der Waals surface area contributed by atoms with Crippen molar-refractivity contribution in [1.82, 2.24) is 0 Å². The number of ether oxygens (including phenoxy) is 2. The minimum absolute atomic E-state index is 0.422. The Morgan fingerprint density at radius 3 is 2.43 bits per heavy atom. The predicted molar refractivity (Wildman–Crippen MR) is 82.8 cm³/mol. The molecule has 0 radical (unpaired) electrons. The molecule has 0 saturated carbocycles. The van der Waals surface area contributed by atoms with Gasteiger partial charge in [-0.25, -0.2) is 4.79 Å². The van der Waals surface area contributed by atoms with Gasteiger partial charge in [0.05, 0.1) is 19.9 Å². The van der Waals surface area contributed by atoms with Gasteiger partial charge in [0.2, 0.25) is 0 Å². The number of hydrogen-bond donors (Lipinski definition) is 1. The zero-order chi connectivity index (χ0) is 15.2. The van der Waals surface area contributed by atoms with Crippen molar-refractivity contribution < 1.29 is 14.3 Å². The molecular formula is C16H16ClNO3. The van der Waals surface area contributed by atoms with E-state index in [-0.39, 0.29) is 0 Å². The van der Waals surface area contributed by atoms with Gasteiger partial charge in [-0.1, -0.05) is 41.9 Å². The second-order valence-corrected chi connectivity index (χ2v) is 4.73. The highest BCUT2D eigenvalue weighted by molar-refractivity contribution is 6.31. The van der Waals surface area contributed by atoms with Crippen LogP contribution in [0.3, 0.4) is 0 Å². The number of halogens is 1. The van der Waals surface area contributed by atoms with Gasteiger partial charge in [-0.3, -0.25) is 0 Å². The molecule has 0 spiro atoms. The third-order valence-electron chi connectivity index (χ3n) is 3.06. The first-order valence-electron chi connectivity index (χ1n) is 6.39. The number of para-hydroxylation sites is 2. The van der Waals surface area contributed by atoms with E-state index in [0.29, 0.717) is 22.0 Å². The molecule has 4 nitrogen and oxygen atoms in total. The predicted octanol–water partition coefficient (Wildman–Crippen LogP) is 3.67. The van der Waals surface area contributed by atoms with Gasteiger partial charge in [0.1, 0.15) is 5.75 Å². The normalized spacial score (nSPS) is 11.6. The van der Waals surface area contributed by atoms with E-state index in [4.69, 9.17) is 21.1 Å². The largest absolute Gasteiger partial charge is 0.495 e. The number of methoxy groups -OCH3 is 2. The van der Waals surface area contributed by atoms with Gasteiger partial charge in [-0.2, -0.15) is 0 Å². The van der Waals surface area contributed by atoms with Crippen molar-refractivity contribution in [2.24, 2.45) is 0 Å². The summed E-state index contributed by atoms with van der Waals surface area (Å²) in [6, 6.07) is 13.8. The first-order valence-corrected chi connectivity index (χ1v) is 6.77. The first kappa shape index (κ1) is 15.2. The molecule has 0 amide bonds. The van der Waals surface area contributed by atoms with Crippen molar-refractivity contribution in [3.8, 4) is 5.75 Å². The van der Waals surface area contributed by atoms with E-state index in [9.17, 15) is 4.79 Å². The third-order valence-corrected chi connectivity index (χ3v) is 3.40. The summed E-state index contributed by atoms with van der Waals surface area (Å²) < 4.78 is 10.1. The minimum Gasteiger partial charge on any atom is -0.495 e. The molecule has 1 N–H and O–H groups in total. The van der Waals surface area contributed by atoms with Gasteiger partial charge in [0, 0.05) is 10.6 Å². The molecular weight excluding hydrogens is 290 g/mol. The van der Waals surface area contributed by atoms with Gasteiger partial charge >= 0.3 is 5.97 Å². The maximum absolute atomic E-state index is 12.1. The molecule has 2 aromatic rings. The van der Waals surface area contributed by atoms with Crippen LogP contribution >= 0.6 is 11.6 Å². The molecule has 110 valence electrons. The molecule has 0 fully saturated rings. The monoisotopic (exact) mass is 305 g/mol. The lowest BCUT2D eigenvalue weighted by molar-refractivity contribution is -0.141. The Morgan fingerprint density at radius 1 is 1.10 bits per heavy atom. The second-order valence-electron chi connectivity index (χ2n) is 4.32. The van der Waals surface area contributed by atoms with Gasteiger partial charge in [0.15, 0.2) is 6.04 Å². The van der Waals surface area contributed by atoms with Crippen LogP contribution in [0, 0.1) is 0 Å². The standard InChI is InChI=1S/C16H16ClNO3/c1-20-14-10-6-5-9-13(14)18-15(16(19)21-2)11-7-3-4-8-12(11)17/h3-10,15,18H,1-2H3. The number of carbonyl (C=O) groups excluding carboxylic acids is 1. The Hall–Kier alpha value is -2.20. The van der Waals surface area contributed by atoms with Crippen LogP contribution in [0.4, 0.5) is 5.69 Å². The summed E-state index contributed by atoms with van der Waals surface area (Å²) in [6.07, 6.45) is 0. The van der Waals surface area contributed by atoms with Crippen LogP contribution in [-0.2, 0) is 9.53 Å². The van der Waals surface area contributed by atoms with Crippen molar-refractivity contribution in [3.05, 3.63) is 59.1 Å². The number of esters is 1. The quantitative estimate of drug-likeness (QED) is 0.856. The first-order chi connectivity index (χ1) is 10.2. The fourth-order valence-electron chi connectivity index (χ4n) is 2.01. The van der Waals surface area contributed by atoms with Crippen LogP contribution in [-0.4, -0.2) is 20.2 Å². The second kappa shape index (κ2) is 6.99. The van der Waals surface area contributed by atoms with Gasteiger partial charge in [-0.15, -0.1) is 0 Å². The molecule has 0 bridgehead atoms. The molecule has 2 rings (SSSR count). The highest BCUT2D eigenvalue weighted by atomic mass is 35.5. The van der Waals surface area contributed by atoms with Crippen molar-refractivity contribution in [2.45, 2.75) is 6.04 Å². The van der Waals surface area contributed by atoms with E-state index < -0.39 is 12.0 Å². The Morgan fingerprint density at radius 2 is 1.76 bits per heavy atom. The number of rotatable bonds is 5. The molecule has 0 aliphatic heterocycles. The summed E-state index contributed by atoms with van der Waals surface area (Å²) in [5.74, 6) is 0.215. The van der Waals surface area contributed by atoms with Gasteiger partial charge < -0.3 is 14.8 Å². The van der Waals surface area contributed by atoms with E-state index in [1.165, 1.54) is 7.11 Å². The molecule has 1 unspecified atom stereocenters. The van der Waals surface area contributed by atoms with E-state index in [0.717, 1.165) is 0 Å². The van der Waals surface area contributed by atoms with Crippen molar-refractivity contribution in [3.63, 3.8) is 0 Å². The van der Waals surface area contributed by atoms with Crippen molar-refractivity contribution in [1.29, 1.82) is 0 Å². The maximum Gasteiger partial charge on any atom is 0.333 e. The molecule has 0 aromatic heterocycles. The highest BCUT2D eigenvalue weighted by Gasteiger charge is 2.24. The zero-order valence-corrected chi connectivity index (χ0v) is 12.6. The molecule has 5 heteroatoms. The van der Waals surface area contributed by atoms with Crippen LogP contribution in [0.5, 0.6) is 5.75 Å². The van der Waals surface area contributed by atoms with Crippen LogP contribution in [0.25, 0.3) is 0 Å². The van der Waals surface area contributed by atoms with E-state index in [2.05, 4.69) is 5.32 Å². The number of nitrogens with one attached hydrogen (secondary N) is 1. The summed E-state index contributed by atoms with van der Waals surface area (Å²) in [6.45, 7) is 0. The smallest absolute Gasteiger partial charge is 0.333 e. The third kappa shape index (κ3) is 3.47. The lowest BCUT2D eigenvalue weighted by Gasteiger charge is -2.20. The molecule has 0 saturated heterocycles. The Kier molecular flexibility index (Phi) is 5.06. The fraction of sp³-hybridized carbons (Fsp3) is 0.188. The fourth-order valence-corrected chi connectivity index (χ4v) is 2.25. The molecule has 0 heterocycles. The van der Waals surface area contributed by atoms with Crippen molar-refractivity contribution in [2.75, 3.05) is 19.5 Å². The summed E-state index contributed by atoms with van der Waals surface area (Å²) in [4.78, 5) is 12.1. The summed E-state index contributed by atoms with van der Waals surface area (Å²) >= 11 is 6.18. The van der Waals surface area contributed by atoms with Crippen molar-refractivity contribution >= 4 is 23.3 Å². The average molecular weight is 306 g/mol. The SMILES string of the molecule is COC(=O)C(Nc1ccccc1OC)c1ccccc1Cl. The minimum atomic E-state index is -0.708. The summed E-state index contributed by atoms with van der Waals surface area (Å²) in [5.41, 5.74) is 1.34. The lowest BCUT2D eigenvalue weighted by Crippen LogP contribution is -2.23. The lowest BCUT2D eigenvalue weighted by atomic mass is 10.1. The van der Waals surface area contributed by atoms with Gasteiger partial charge in [-0.05, 0) is 18.2 Å². The average Bonchev–Trinajstić information content (AvgIpc) is 2.53. The summed E-state index contributed by atoms with van der Waals surface area (Å²) in [7, 11) is 2.92. The zero-order valence-electron chi connectivity index (χ0n) is 11.8. The van der Waals surface area contributed by atoms with Gasteiger partial charge in [0.25, 0.3) is 0 Å². The van der Waals surface area contributed by atoms with Crippen LogP contribution in [0.1, 0.15) is 11.6 Å². The number of benzene rings is 2. The molecule has 21 heavy (non-hydrogen) atoms. The number of hydrogen-bond acceptors (Lipinski definition) is 4. The van der Waals surface area contributed by atoms with Crippen LogP contribution in [0.15, 0.2) is 48.5 Å². The Balaban J connectivity index is 2.38. The van der Waals surface area contributed by atoms with E-state index in [1.807, 2.05) is 36.4 Å². The maximum atomic E-state index is 12.1. The molecule has 2 aromatic carbocycles. The Labute approximate surface area is 128 Å². The van der Waals surface area contributed by atoms with E-state index in [1.54, 1.807) is 19.2 Å².